The average Bonchev–Trinajstić information content (AvgIpc) is 3.79. The molecular weight excluding hydrogens is 496 g/mol. The summed E-state index contributed by atoms with van der Waals surface area (Å²) in [5.74, 6) is 1.75. The standard InChI is InChI=1S/C40H24O/c1-3-29-15-17-31-19-21-33(35(5-1)39(29)31)25-7-11-27(12-8-25)37-23-24-38(41-37)28-13-9-26(10-14-28)34-22-20-32-18-16-30-4-2-6-36(34)40(30)32/h1-24H. The summed E-state index contributed by atoms with van der Waals surface area (Å²) < 4.78 is 6.35. The lowest BCUT2D eigenvalue weighted by atomic mass is 9.94. The molecule has 0 radical (unpaired) electrons. The minimum Gasteiger partial charge on any atom is -0.456 e. The molecule has 7 aromatic rings. The number of rotatable bonds is 4. The van der Waals surface area contributed by atoms with Gasteiger partial charge in [0.25, 0.3) is 0 Å². The molecule has 0 N–H and O–H groups in total. The Kier molecular flexibility index (Phi) is 4.67. The molecule has 2 aliphatic carbocycles. The Morgan fingerprint density at radius 3 is 1.15 bits per heavy atom. The molecule has 0 aliphatic heterocycles. The first-order chi connectivity index (χ1) is 20.3. The zero-order chi connectivity index (χ0) is 26.9. The van der Waals surface area contributed by atoms with Gasteiger partial charge in [0, 0.05) is 11.1 Å². The third-order valence-corrected chi connectivity index (χ3v) is 8.66. The highest BCUT2D eigenvalue weighted by atomic mass is 16.3. The van der Waals surface area contributed by atoms with Gasteiger partial charge in [-0.2, -0.15) is 0 Å². The molecule has 6 aromatic carbocycles. The summed E-state index contributed by atoms with van der Waals surface area (Å²) in [6, 6.07) is 43.6. The predicted molar refractivity (Wildman–Crippen MR) is 173 cm³/mol. The van der Waals surface area contributed by atoms with E-state index < -0.39 is 0 Å². The zero-order valence-corrected chi connectivity index (χ0v) is 22.3. The summed E-state index contributed by atoms with van der Waals surface area (Å²) in [6.45, 7) is 0. The minimum atomic E-state index is 0.875. The Morgan fingerprint density at radius 2 is 0.707 bits per heavy atom. The third kappa shape index (κ3) is 3.43. The predicted octanol–water partition coefficient (Wildman–Crippen LogP) is 11.2. The molecule has 2 aliphatic rings. The van der Waals surface area contributed by atoms with E-state index in [-0.39, 0.29) is 0 Å². The van der Waals surface area contributed by atoms with Crippen molar-refractivity contribution in [3.8, 4) is 44.9 Å². The quantitative estimate of drug-likeness (QED) is 0.225. The van der Waals surface area contributed by atoms with Crippen LogP contribution in [0.15, 0.2) is 126 Å². The van der Waals surface area contributed by atoms with Crippen molar-refractivity contribution in [3.63, 3.8) is 0 Å². The normalized spacial score (nSPS) is 12.7. The molecule has 0 saturated carbocycles. The highest BCUT2D eigenvalue weighted by molar-refractivity contribution is 6.11. The molecular formula is C40H24O. The maximum absolute atomic E-state index is 6.35. The molecule has 0 fully saturated rings. The zero-order valence-electron chi connectivity index (χ0n) is 22.3. The van der Waals surface area contributed by atoms with Gasteiger partial charge in [0.05, 0.1) is 0 Å². The van der Waals surface area contributed by atoms with Crippen molar-refractivity contribution in [1.29, 1.82) is 0 Å². The van der Waals surface area contributed by atoms with Crippen molar-refractivity contribution in [1.82, 2.24) is 0 Å². The van der Waals surface area contributed by atoms with Gasteiger partial charge in [-0.3, -0.25) is 0 Å². The van der Waals surface area contributed by atoms with Crippen molar-refractivity contribution in [2.75, 3.05) is 0 Å². The topological polar surface area (TPSA) is 13.1 Å². The molecule has 190 valence electrons. The van der Waals surface area contributed by atoms with Crippen LogP contribution in [0.1, 0.15) is 22.3 Å². The van der Waals surface area contributed by atoms with E-state index in [4.69, 9.17) is 4.42 Å². The van der Waals surface area contributed by atoms with Gasteiger partial charge >= 0.3 is 0 Å². The molecule has 0 atom stereocenters. The highest BCUT2D eigenvalue weighted by Crippen LogP contribution is 2.40. The lowest BCUT2D eigenvalue weighted by molar-refractivity contribution is 0.597. The maximum atomic E-state index is 6.35. The fourth-order valence-corrected chi connectivity index (χ4v) is 6.62. The number of hydrogen-bond donors (Lipinski definition) is 0. The van der Waals surface area contributed by atoms with Crippen LogP contribution in [0.3, 0.4) is 0 Å². The summed E-state index contributed by atoms with van der Waals surface area (Å²) in [6.07, 6.45) is 8.82. The van der Waals surface area contributed by atoms with Crippen LogP contribution in [0.5, 0.6) is 0 Å². The Hall–Kier alpha value is -5.40. The first-order valence-corrected chi connectivity index (χ1v) is 14.1. The molecule has 1 nitrogen and oxygen atoms in total. The van der Waals surface area contributed by atoms with E-state index in [0.717, 1.165) is 22.6 Å². The first kappa shape index (κ1) is 22.4. The lowest BCUT2D eigenvalue weighted by Gasteiger charge is -2.10. The molecule has 9 rings (SSSR count). The summed E-state index contributed by atoms with van der Waals surface area (Å²) in [5.41, 5.74) is 12.3. The molecule has 41 heavy (non-hydrogen) atoms. The summed E-state index contributed by atoms with van der Waals surface area (Å²) in [4.78, 5) is 0. The molecule has 0 amide bonds. The van der Waals surface area contributed by atoms with Gasteiger partial charge in [-0.1, -0.05) is 133 Å². The van der Waals surface area contributed by atoms with Crippen molar-refractivity contribution < 1.29 is 4.42 Å². The maximum Gasteiger partial charge on any atom is 0.134 e. The number of furan rings is 1. The van der Waals surface area contributed by atoms with Crippen LogP contribution in [-0.2, 0) is 0 Å². The summed E-state index contributed by atoms with van der Waals surface area (Å²) in [5, 5.41) is 5.30. The fraction of sp³-hybridized carbons (Fsp3) is 0. The summed E-state index contributed by atoms with van der Waals surface area (Å²) >= 11 is 0. The minimum absolute atomic E-state index is 0.875. The van der Waals surface area contributed by atoms with Gasteiger partial charge in [-0.05, 0) is 78.2 Å². The van der Waals surface area contributed by atoms with Crippen LogP contribution in [0.4, 0.5) is 0 Å². The first-order valence-electron chi connectivity index (χ1n) is 14.1. The molecule has 1 aromatic heterocycles. The van der Waals surface area contributed by atoms with Crippen LogP contribution in [0.2, 0.25) is 0 Å². The van der Waals surface area contributed by atoms with Crippen LogP contribution in [0.25, 0.3) is 90.8 Å². The van der Waals surface area contributed by atoms with E-state index in [2.05, 4.69) is 146 Å². The molecule has 0 spiro atoms. The summed E-state index contributed by atoms with van der Waals surface area (Å²) in [7, 11) is 0. The van der Waals surface area contributed by atoms with E-state index in [1.165, 1.54) is 66.1 Å². The fourth-order valence-electron chi connectivity index (χ4n) is 6.62. The Labute approximate surface area is 238 Å². The van der Waals surface area contributed by atoms with E-state index >= 15 is 0 Å². The largest absolute Gasteiger partial charge is 0.456 e. The number of benzene rings is 6. The Bertz CT molecular complexity index is 2040. The van der Waals surface area contributed by atoms with Crippen LogP contribution in [0, 0.1) is 0 Å². The smallest absolute Gasteiger partial charge is 0.134 e. The lowest BCUT2D eigenvalue weighted by Crippen LogP contribution is -1.85. The van der Waals surface area contributed by atoms with E-state index in [0.29, 0.717) is 0 Å². The van der Waals surface area contributed by atoms with Crippen LogP contribution >= 0.6 is 0 Å². The SMILES string of the molecule is C1=Cc2ccc(-c3ccc(-c4ccc(-c5ccc(-c6ccc7c8c(cccc68)C=C7)cc5)o4)cc3)c3cccc1c23. The van der Waals surface area contributed by atoms with Crippen molar-refractivity contribution >= 4 is 45.8 Å². The second-order valence-electron chi connectivity index (χ2n) is 10.9. The van der Waals surface area contributed by atoms with Crippen molar-refractivity contribution in [2.45, 2.75) is 0 Å². The molecule has 1 heteroatoms. The molecule has 0 unspecified atom stereocenters. The second-order valence-corrected chi connectivity index (χ2v) is 10.9. The van der Waals surface area contributed by atoms with E-state index in [1.807, 2.05) is 0 Å². The molecule has 1 heterocycles. The van der Waals surface area contributed by atoms with Gasteiger partial charge in [0.1, 0.15) is 11.5 Å². The second kappa shape index (κ2) is 8.55. The highest BCUT2D eigenvalue weighted by Gasteiger charge is 2.15. The van der Waals surface area contributed by atoms with Gasteiger partial charge < -0.3 is 4.42 Å². The monoisotopic (exact) mass is 520 g/mol. The Balaban J connectivity index is 1.01. The van der Waals surface area contributed by atoms with Gasteiger partial charge in [0.2, 0.25) is 0 Å². The van der Waals surface area contributed by atoms with Gasteiger partial charge in [0.15, 0.2) is 0 Å². The van der Waals surface area contributed by atoms with Crippen molar-refractivity contribution in [3.05, 3.63) is 144 Å². The number of hydrogen-bond acceptors (Lipinski definition) is 1. The Morgan fingerprint density at radius 1 is 0.317 bits per heavy atom. The van der Waals surface area contributed by atoms with Crippen molar-refractivity contribution in [2.24, 2.45) is 0 Å². The molecule has 0 bridgehead atoms. The van der Waals surface area contributed by atoms with Crippen LogP contribution in [-0.4, -0.2) is 0 Å². The van der Waals surface area contributed by atoms with Gasteiger partial charge in [-0.25, -0.2) is 0 Å². The van der Waals surface area contributed by atoms with Gasteiger partial charge in [-0.15, -0.1) is 0 Å². The molecule has 0 saturated heterocycles. The van der Waals surface area contributed by atoms with Crippen LogP contribution < -0.4 is 0 Å². The van der Waals surface area contributed by atoms with E-state index in [9.17, 15) is 0 Å². The third-order valence-electron chi connectivity index (χ3n) is 8.66. The van der Waals surface area contributed by atoms with E-state index in [1.54, 1.807) is 0 Å². The average molecular weight is 521 g/mol.